The molecular formula is C9H8N4. The van der Waals surface area contributed by atoms with Crippen molar-refractivity contribution in [3.63, 3.8) is 0 Å². The van der Waals surface area contributed by atoms with Gasteiger partial charge in [0.15, 0.2) is 5.65 Å². The second kappa shape index (κ2) is 2.49. The first kappa shape index (κ1) is 7.62. The van der Waals surface area contributed by atoms with Gasteiger partial charge in [-0.2, -0.15) is 5.26 Å². The number of nitrogens with two attached hydrogens (primary N) is 1. The summed E-state index contributed by atoms with van der Waals surface area (Å²) in [6.45, 7) is 1.82. The number of nitrogen functional groups attached to an aromatic ring is 1. The van der Waals surface area contributed by atoms with Crippen molar-refractivity contribution < 1.29 is 0 Å². The number of hydrogen-bond acceptors (Lipinski definition) is 3. The van der Waals surface area contributed by atoms with E-state index < -0.39 is 0 Å². The summed E-state index contributed by atoms with van der Waals surface area (Å²) < 4.78 is 1.72. The molecule has 0 bridgehead atoms. The van der Waals surface area contributed by atoms with Crippen LogP contribution in [0.1, 0.15) is 11.3 Å². The van der Waals surface area contributed by atoms with Crippen LogP contribution >= 0.6 is 0 Å². The zero-order chi connectivity index (χ0) is 9.42. The maximum atomic E-state index is 8.79. The molecule has 0 unspecified atom stereocenters. The van der Waals surface area contributed by atoms with Crippen LogP contribution < -0.4 is 5.73 Å². The minimum Gasteiger partial charge on any atom is -0.383 e. The summed E-state index contributed by atoms with van der Waals surface area (Å²) in [5.41, 5.74) is 7.67. The number of anilines is 1. The van der Waals surface area contributed by atoms with Crippen LogP contribution in [0.15, 0.2) is 18.3 Å². The number of imidazole rings is 1. The fraction of sp³-hybridized carbons (Fsp3) is 0.111. The number of pyridine rings is 1. The lowest BCUT2D eigenvalue weighted by Crippen LogP contribution is -1.94. The highest BCUT2D eigenvalue weighted by Gasteiger charge is 2.07. The zero-order valence-electron chi connectivity index (χ0n) is 7.15. The van der Waals surface area contributed by atoms with E-state index in [0.717, 1.165) is 5.69 Å². The van der Waals surface area contributed by atoms with Crippen LogP contribution in [-0.2, 0) is 0 Å². The molecule has 2 aromatic rings. The summed E-state index contributed by atoms with van der Waals surface area (Å²) in [5, 5.41) is 8.79. The molecule has 0 aliphatic carbocycles. The van der Waals surface area contributed by atoms with E-state index in [4.69, 9.17) is 11.0 Å². The van der Waals surface area contributed by atoms with Crippen LogP contribution in [0.2, 0.25) is 0 Å². The molecule has 0 atom stereocenters. The SMILES string of the molecule is Cc1nc2c(C#N)cccn2c1N. The van der Waals surface area contributed by atoms with Crippen LogP contribution in [0.4, 0.5) is 5.82 Å². The molecule has 0 aromatic carbocycles. The first-order valence-corrected chi connectivity index (χ1v) is 3.87. The van der Waals surface area contributed by atoms with Crippen molar-refractivity contribution in [1.29, 1.82) is 5.26 Å². The third-order valence-electron chi connectivity index (χ3n) is 1.99. The number of fused-ring (bicyclic) bond motifs is 1. The number of nitriles is 1. The average molecular weight is 172 g/mol. The Bertz CT molecular complexity index is 504. The lowest BCUT2D eigenvalue weighted by molar-refractivity contribution is 1.19. The quantitative estimate of drug-likeness (QED) is 0.647. The standard InChI is InChI=1S/C9H8N4/c1-6-8(11)13-4-2-3-7(5-10)9(13)12-6/h2-4H,11H2,1H3. The Morgan fingerprint density at radius 3 is 3.08 bits per heavy atom. The Morgan fingerprint density at radius 2 is 2.38 bits per heavy atom. The van der Waals surface area contributed by atoms with Crippen LogP contribution in [-0.4, -0.2) is 9.38 Å². The van der Waals surface area contributed by atoms with Crippen LogP contribution in [0, 0.1) is 18.3 Å². The Hall–Kier alpha value is -2.02. The van der Waals surface area contributed by atoms with E-state index in [0.29, 0.717) is 17.0 Å². The van der Waals surface area contributed by atoms with Gasteiger partial charge in [0.25, 0.3) is 0 Å². The maximum absolute atomic E-state index is 8.79. The monoisotopic (exact) mass is 172 g/mol. The fourth-order valence-electron chi connectivity index (χ4n) is 1.29. The minimum absolute atomic E-state index is 0.544. The van der Waals surface area contributed by atoms with Crippen molar-refractivity contribution >= 4 is 11.5 Å². The first-order valence-electron chi connectivity index (χ1n) is 3.87. The molecule has 2 heterocycles. The first-order chi connectivity index (χ1) is 6.24. The minimum atomic E-state index is 0.544. The highest BCUT2D eigenvalue weighted by atomic mass is 15.1. The fourth-order valence-corrected chi connectivity index (χ4v) is 1.29. The lowest BCUT2D eigenvalue weighted by atomic mass is 10.3. The Labute approximate surface area is 75.2 Å². The summed E-state index contributed by atoms with van der Waals surface area (Å²) in [5.74, 6) is 0.590. The molecule has 0 radical (unpaired) electrons. The molecule has 2 aromatic heterocycles. The van der Waals surface area contributed by atoms with Crippen molar-refractivity contribution in [3.8, 4) is 6.07 Å². The van der Waals surface area contributed by atoms with E-state index in [1.54, 1.807) is 22.7 Å². The van der Waals surface area contributed by atoms with E-state index in [-0.39, 0.29) is 0 Å². The van der Waals surface area contributed by atoms with Crippen molar-refractivity contribution in [2.24, 2.45) is 0 Å². The van der Waals surface area contributed by atoms with Gasteiger partial charge in [0, 0.05) is 6.20 Å². The molecule has 64 valence electrons. The number of nitrogens with zero attached hydrogens (tertiary/aromatic N) is 3. The Balaban J connectivity index is 2.95. The normalized spacial score (nSPS) is 10.2. The molecule has 0 amide bonds. The van der Waals surface area contributed by atoms with Crippen molar-refractivity contribution in [3.05, 3.63) is 29.6 Å². The predicted molar refractivity (Wildman–Crippen MR) is 49.1 cm³/mol. The zero-order valence-corrected chi connectivity index (χ0v) is 7.15. The van der Waals surface area contributed by atoms with Crippen molar-refractivity contribution in [1.82, 2.24) is 9.38 Å². The van der Waals surface area contributed by atoms with E-state index in [9.17, 15) is 0 Å². The van der Waals surface area contributed by atoms with Gasteiger partial charge in [0.2, 0.25) is 0 Å². The number of rotatable bonds is 0. The maximum Gasteiger partial charge on any atom is 0.156 e. The largest absolute Gasteiger partial charge is 0.383 e. The van der Waals surface area contributed by atoms with E-state index >= 15 is 0 Å². The Morgan fingerprint density at radius 1 is 1.62 bits per heavy atom. The molecule has 0 aliphatic rings. The van der Waals surface area contributed by atoms with Crippen LogP contribution in [0.25, 0.3) is 5.65 Å². The average Bonchev–Trinajstić information content (AvgIpc) is 2.43. The summed E-state index contributed by atoms with van der Waals surface area (Å²) in [6.07, 6.45) is 1.80. The number of hydrogen-bond donors (Lipinski definition) is 1. The van der Waals surface area contributed by atoms with Gasteiger partial charge < -0.3 is 5.73 Å². The highest BCUT2D eigenvalue weighted by molar-refractivity contribution is 5.61. The molecule has 0 fully saturated rings. The third kappa shape index (κ3) is 0.942. The molecule has 2 rings (SSSR count). The smallest absolute Gasteiger partial charge is 0.156 e. The lowest BCUT2D eigenvalue weighted by Gasteiger charge is -1.95. The van der Waals surface area contributed by atoms with Gasteiger partial charge >= 0.3 is 0 Å². The molecule has 4 heteroatoms. The molecule has 0 spiro atoms. The summed E-state index contributed by atoms with van der Waals surface area (Å²) in [4.78, 5) is 4.20. The van der Waals surface area contributed by atoms with E-state index in [2.05, 4.69) is 11.1 Å². The van der Waals surface area contributed by atoms with Crippen molar-refractivity contribution in [2.45, 2.75) is 6.92 Å². The molecule has 0 saturated carbocycles. The summed E-state index contributed by atoms with van der Waals surface area (Å²) >= 11 is 0. The molecule has 13 heavy (non-hydrogen) atoms. The number of aryl methyl sites for hydroxylation is 1. The van der Waals surface area contributed by atoms with E-state index in [1.807, 2.05) is 6.92 Å². The molecule has 2 N–H and O–H groups in total. The molecular weight excluding hydrogens is 164 g/mol. The topological polar surface area (TPSA) is 67.1 Å². The summed E-state index contributed by atoms with van der Waals surface area (Å²) in [7, 11) is 0. The predicted octanol–water partition coefficient (Wildman–Crippen LogP) is 1.10. The number of aromatic nitrogens is 2. The second-order valence-electron chi connectivity index (χ2n) is 2.81. The second-order valence-corrected chi connectivity index (χ2v) is 2.81. The summed E-state index contributed by atoms with van der Waals surface area (Å²) in [6, 6.07) is 5.58. The van der Waals surface area contributed by atoms with Gasteiger partial charge in [-0.25, -0.2) is 4.98 Å². The third-order valence-corrected chi connectivity index (χ3v) is 1.99. The molecule has 0 aliphatic heterocycles. The van der Waals surface area contributed by atoms with Crippen molar-refractivity contribution in [2.75, 3.05) is 5.73 Å². The highest BCUT2D eigenvalue weighted by Crippen LogP contribution is 2.16. The van der Waals surface area contributed by atoms with Gasteiger partial charge in [-0.1, -0.05) is 0 Å². The van der Waals surface area contributed by atoms with Crippen LogP contribution in [0.3, 0.4) is 0 Å². The Kier molecular flexibility index (Phi) is 1.46. The van der Waals surface area contributed by atoms with E-state index in [1.165, 1.54) is 0 Å². The molecule has 0 saturated heterocycles. The van der Waals surface area contributed by atoms with Gasteiger partial charge in [0.05, 0.1) is 11.3 Å². The van der Waals surface area contributed by atoms with Gasteiger partial charge in [-0.05, 0) is 19.1 Å². The van der Waals surface area contributed by atoms with Gasteiger partial charge in [-0.3, -0.25) is 4.40 Å². The van der Waals surface area contributed by atoms with Gasteiger partial charge in [0.1, 0.15) is 11.9 Å². The van der Waals surface area contributed by atoms with Crippen LogP contribution in [0.5, 0.6) is 0 Å². The molecule has 4 nitrogen and oxygen atoms in total. The van der Waals surface area contributed by atoms with Gasteiger partial charge in [-0.15, -0.1) is 0 Å².